The van der Waals surface area contributed by atoms with Crippen LogP contribution in [0, 0.1) is 10.5 Å². The van der Waals surface area contributed by atoms with Crippen LogP contribution in [-0.2, 0) is 11.3 Å². The zero-order valence-corrected chi connectivity index (χ0v) is 19.9. The van der Waals surface area contributed by atoms with Crippen LogP contribution in [0.4, 0.5) is 0 Å². The van der Waals surface area contributed by atoms with Crippen molar-refractivity contribution in [2.24, 2.45) is 0 Å². The average molecular weight is 522 g/mol. The minimum absolute atomic E-state index is 0.274. The lowest BCUT2D eigenvalue weighted by Gasteiger charge is -2.13. The maximum Gasteiger partial charge on any atom is 0.340 e. The highest BCUT2D eigenvalue weighted by atomic mass is 127. The van der Waals surface area contributed by atoms with Crippen LogP contribution >= 0.6 is 34.2 Å². The Balaban J connectivity index is 2.36. The molecule has 0 fully saturated rings. The topological polar surface area (TPSA) is 31.2 Å². The van der Waals surface area contributed by atoms with Crippen molar-refractivity contribution in [3.8, 4) is 22.4 Å². The van der Waals surface area contributed by atoms with Gasteiger partial charge < -0.3 is 9.30 Å². The van der Waals surface area contributed by atoms with Gasteiger partial charge in [0.05, 0.1) is 17.9 Å². The highest BCUT2D eigenvalue weighted by Crippen LogP contribution is 2.40. The average Bonchev–Trinajstić information content (AvgIpc) is 2.99. The molecule has 0 aliphatic rings. The van der Waals surface area contributed by atoms with E-state index in [9.17, 15) is 4.79 Å². The first-order chi connectivity index (χ1) is 14.0. The predicted octanol–water partition coefficient (Wildman–Crippen LogP) is 7.37. The van der Waals surface area contributed by atoms with Crippen molar-refractivity contribution in [3.05, 3.63) is 68.4 Å². The molecule has 0 unspecified atom stereocenters. The first kappa shape index (κ1) is 21.9. The molecule has 152 valence electrons. The summed E-state index contributed by atoms with van der Waals surface area (Å²) in [4.78, 5) is 13.0. The molecule has 2 aromatic carbocycles. The van der Waals surface area contributed by atoms with Gasteiger partial charge in [-0.2, -0.15) is 0 Å². The Morgan fingerprint density at radius 3 is 2.45 bits per heavy atom. The lowest BCUT2D eigenvalue weighted by Crippen LogP contribution is -2.08. The fraction of sp³-hybridized carbons (Fsp3) is 0.292. The molecular weight excluding hydrogens is 497 g/mol. The molecule has 0 bridgehead atoms. The molecule has 29 heavy (non-hydrogen) atoms. The molecule has 3 nitrogen and oxygen atoms in total. The van der Waals surface area contributed by atoms with E-state index in [1.165, 1.54) is 0 Å². The van der Waals surface area contributed by atoms with E-state index in [4.69, 9.17) is 16.3 Å². The largest absolute Gasteiger partial charge is 0.462 e. The van der Waals surface area contributed by atoms with Crippen LogP contribution in [0.15, 0.2) is 48.5 Å². The van der Waals surface area contributed by atoms with Gasteiger partial charge in [-0.3, -0.25) is 0 Å². The van der Waals surface area contributed by atoms with Crippen molar-refractivity contribution >= 4 is 40.2 Å². The number of carbonyl (C=O) groups is 1. The Labute approximate surface area is 191 Å². The first-order valence-corrected chi connectivity index (χ1v) is 11.4. The van der Waals surface area contributed by atoms with E-state index in [0.29, 0.717) is 17.2 Å². The third-order valence-electron chi connectivity index (χ3n) is 4.97. The summed E-state index contributed by atoms with van der Waals surface area (Å²) >= 11 is 8.45. The number of esters is 1. The Morgan fingerprint density at radius 2 is 1.83 bits per heavy atom. The summed E-state index contributed by atoms with van der Waals surface area (Å²) in [5.41, 5.74) is 5.61. The SMILES string of the molecule is CCCCn1c(C)c(C(=O)OCC)c(-c2cccc(I)c2)c1-c1ccc(Cl)cc1. The van der Waals surface area contributed by atoms with Gasteiger partial charge in [0.25, 0.3) is 0 Å². The van der Waals surface area contributed by atoms with E-state index in [-0.39, 0.29) is 5.97 Å². The van der Waals surface area contributed by atoms with E-state index in [1.807, 2.05) is 44.2 Å². The number of carbonyl (C=O) groups excluding carboxylic acids is 1. The molecule has 3 rings (SSSR count). The summed E-state index contributed by atoms with van der Waals surface area (Å²) in [5.74, 6) is -0.274. The van der Waals surface area contributed by atoms with Crippen LogP contribution in [0.3, 0.4) is 0 Å². The molecular formula is C24H25ClINO2. The highest BCUT2D eigenvalue weighted by Gasteiger charge is 2.27. The van der Waals surface area contributed by atoms with Crippen molar-refractivity contribution < 1.29 is 9.53 Å². The Morgan fingerprint density at radius 1 is 1.10 bits per heavy atom. The number of hydrogen-bond acceptors (Lipinski definition) is 2. The number of hydrogen-bond donors (Lipinski definition) is 0. The molecule has 1 aromatic heterocycles. The zero-order chi connectivity index (χ0) is 21.0. The second kappa shape index (κ2) is 9.81. The van der Waals surface area contributed by atoms with Crippen LogP contribution in [0.5, 0.6) is 0 Å². The molecule has 0 saturated heterocycles. The summed E-state index contributed by atoms with van der Waals surface area (Å²) in [6.07, 6.45) is 2.11. The van der Waals surface area contributed by atoms with Crippen molar-refractivity contribution in [3.63, 3.8) is 0 Å². The molecule has 0 radical (unpaired) electrons. The van der Waals surface area contributed by atoms with E-state index in [2.05, 4.69) is 52.3 Å². The predicted molar refractivity (Wildman–Crippen MR) is 129 cm³/mol. The van der Waals surface area contributed by atoms with Gasteiger partial charge in [-0.25, -0.2) is 4.79 Å². The third-order valence-corrected chi connectivity index (χ3v) is 5.89. The van der Waals surface area contributed by atoms with Gasteiger partial charge in [-0.05, 0) is 78.3 Å². The van der Waals surface area contributed by atoms with Crippen LogP contribution in [0.25, 0.3) is 22.4 Å². The molecule has 0 aliphatic carbocycles. The lowest BCUT2D eigenvalue weighted by atomic mass is 9.97. The monoisotopic (exact) mass is 521 g/mol. The van der Waals surface area contributed by atoms with Gasteiger partial charge in [0, 0.05) is 26.4 Å². The van der Waals surface area contributed by atoms with E-state index < -0.39 is 0 Å². The van der Waals surface area contributed by atoms with Gasteiger partial charge >= 0.3 is 5.97 Å². The third kappa shape index (κ3) is 4.69. The highest BCUT2D eigenvalue weighted by molar-refractivity contribution is 14.1. The molecule has 0 atom stereocenters. The standard InChI is InChI=1S/C24H25ClINO2/c1-4-6-14-27-16(3)21(24(28)29-5-2)22(18-8-7-9-20(26)15-18)23(27)17-10-12-19(25)13-11-17/h7-13,15H,4-6,14H2,1-3H3. The van der Waals surface area contributed by atoms with Gasteiger partial charge in [0.15, 0.2) is 0 Å². The van der Waals surface area contributed by atoms with Gasteiger partial charge in [0.1, 0.15) is 0 Å². The zero-order valence-electron chi connectivity index (χ0n) is 17.0. The van der Waals surface area contributed by atoms with Crippen LogP contribution < -0.4 is 0 Å². The van der Waals surface area contributed by atoms with Crippen LogP contribution in [-0.4, -0.2) is 17.1 Å². The van der Waals surface area contributed by atoms with Crippen molar-refractivity contribution in [2.75, 3.05) is 6.61 Å². The summed E-state index contributed by atoms with van der Waals surface area (Å²) < 4.78 is 8.83. The number of unbranched alkanes of at least 4 members (excludes halogenated alkanes) is 1. The minimum Gasteiger partial charge on any atom is -0.462 e. The maximum absolute atomic E-state index is 13.0. The maximum atomic E-state index is 13.0. The lowest BCUT2D eigenvalue weighted by molar-refractivity contribution is 0.0526. The van der Waals surface area contributed by atoms with Crippen molar-refractivity contribution in [2.45, 2.75) is 40.2 Å². The molecule has 1 heterocycles. The quantitative estimate of drug-likeness (QED) is 0.240. The number of ether oxygens (including phenoxy) is 1. The van der Waals surface area contributed by atoms with Crippen molar-refractivity contribution in [1.82, 2.24) is 4.57 Å². The molecule has 5 heteroatoms. The van der Waals surface area contributed by atoms with Crippen molar-refractivity contribution in [1.29, 1.82) is 0 Å². The molecule has 0 saturated carbocycles. The Bertz CT molecular complexity index is 1010. The van der Waals surface area contributed by atoms with Gasteiger partial charge in [0.2, 0.25) is 0 Å². The smallest absolute Gasteiger partial charge is 0.340 e. The number of nitrogens with zero attached hydrogens (tertiary/aromatic N) is 1. The summed E-state index contributed by atoms with van der Waals surface area (Å²) in [6.45, 7) is 7.22. The summed E-state index contributed by atoms with van der Waals surface area (Å²) in [5, 5.41) is 0.693. The second-order valence-corrected chi connectivity index (χ2v) is 8.61. The minimum atomic E-state index is -0.274. The molecule has 0 N–H and O–H groups in total. The number of halogens is 2. The Hall–Kier alpha value is -1.79. The molecule has 0 aliphatic heterocycles. The first-order valence-electron chi connectivity index (χ1n) is 9.90. The van der Waals surface area contributed by atoms with Gasteiger partial charge in [-0.15, -0.1) is 0 Å². The van der Waals surface area contributed by atoms with E-state index in [0.717, 1.165) is 51.0 Å². The molecule has 0 amide bonds. The second-order valence-electron chi connectivity index (χ2n) is 6.93. The molecule has 0 spiro atoms. The molecule has 3 aromatic rings. The number of aromatic nitrogens is 1. The number of benzene rings is 2. The summed E-state index contributed by atoms with van der Waals surface area (Å²) in [7, 11) is 0. The van der Waals surface area contributed by atoms with Gasteiger partial charge in [-0.1, -0.05) is 49.2 Å². The fourth-order valence-corrected chi connectivity index (χ4v) is 4.29. The Kier molecular flexibility index (Phi) is 7.41. The fourth-order valence-electron chi connectivity index (χ4n) is 3.62. The summed E-state index contributed by atoms with van der Waals surface area (Å²) in [6, 6.07) is 16.1. The van der Waals surface area contributed by atoms with Crippen LogP contribution in [0.1, 0.15) is 42.7 Å². The normalized spacial score (nSPS) is 10.9. The van der Waals surface area contributed by atoms with E-state index in [1.54, 1.807) is 0 Å². The van der Waals surface area contributed by atoms with E-state index >= 15 is 0 Å². The van der Waals surface area contributed by atoms with Crippen LogP contribution in [0.2, 0.25) is 5.02 Å². The number of rotatable bonds is 7.